The van der Waals surface area contributed by atoms with Gasteiger partial charge in [0.25, 0.3) is 0 Å². The average Bonchev–Trinajstić information content (AvgIpc) is 2.53. The number of pyridine rings is 1. The van der Waals surface area contributed by atoms with Gasteiger partial charge < -0.3 is 15.4 Å². The monoisotopic (exact) mass is 364 g/mol. The lowest BCUT2D eigenvalue weighted by Gasteiger charge is -2.23. The van der Waals surface area contributed by atoms with Crippen molar-refractivity contribution in [2.24, 2.45) is 4.99 Å². The number of ether oxygens (including phenoxy) is 1. The van der Waals surface area contributed by atoms with E-state index in [4.69, 9.17) is 0 Å². The topological polar surface area (TPSA) is 58.5 Å². The van der Waals surface area contributed by atoms with E-state index in [9.17, 15) is 13.2 Å². The van der Waals surface area contributed by atoms with Crippen molar-refractivity contribution in [3.8, 4) is 5.88 Å². The fraction of sp³-hybridized carbons (Fsp3) is 0.600. The maximum Gasteiger partial charge on any atom is 0.422 e. The molecule has 1 heterocycles. The summed E-state index contributed by atoms with van der Waals surface area (Å²) in [5, 5.41) is 6.35. The number of rotatable bonds is 7. The summed E-state index contributed by atoms with van der Waals surface area (Å²) in [5.41, 5.74) is 0.807. The molecule has 0 fully saturated rings. The molecule has 0 aliphatic rings. The van der Waals surface area contributed by atoms with Crippen LogP contribution in [0.5, 0.6) is 5.88 Å². The Labute approximate surface area is 144 Å². The van der Waals surface area contributed by atoms with Gasteiger partial charge in [0.05, 0.1) is 0 Å². The summed E-state index contributed by atoms with van der Waals surface area (Å²) >= 11 is 1.75. The number of hydrogen-bond donors (Lipinski definition) is 2. The lowest BCUT2D eigenvalue weighted by Crippen LogP contribution is -2.43. The van der Waals surface area contributed by atoms with Crippen molar-refractivity contribution in [3.05, 3.63) is 23.9 Å². The number of hydrogen-bond acceptors (Lipinski definition) is 4. The molecule has 1 aromatic rings. The number of nitrogens with one attached hydrogen (secondary N) is 2. The highest BCUT2D eigenvalue weighted by molar-refractivity contribution is 7.99. The van der Waals surface area contributed by atoms with Gasteiger partial charge in [0.2, 0.25) is 5.88 Å². The van der Waals surface area contributed by atoms with Gasteiger partial charge in [0.15, 0.2) is 12.6 Å². The van der Waals surface area contributed by atoms with Crippen LogP contribution >= 0.6 is 11.8 Å². The van der Waals surface area contributed by atoms with Gasteiger partial charge in [-0.05, 0) is 25.7 Å². The molecule has 5 nitrogen and oxygen atoms in total. The second-order valence-electron chi connectivity index (χ2n) is 5.65. The van der Waals surface area contributed by atoms with Crippen LogP contribution in [0.1, 0.15) is 19.4 Å². The summed E-state index contributed by atoms with van der Waals surface area (Å²) in [6, 6.07) is 3.07. The third kappa shape index (κ3) is 8.28. The second kappa shape index (κ2) is 9.00. The van der Waals surface area contributed by atoms with Crippen LogP contribution in [0.15, 0.2) is 23.3 Å². The largest absolute Gasteiger partial charge is 0.468 e. The van der Waals surface area contributed by atoms with Crippen LogP contribution in [0.4, 0.5) is 13.2 Å². The molecule has 1 rings (SSSR count). The van der Waals surface area contributed by atoms with Gasteiger partial charge in [-0.1, -0.05) is 6.07 Å². The summed E-state index contributed by atoms with van der Waals surface area (Å²) in [7, 11) is 1.67. The predicted octanol–water partition coefficient (Wildman–Crippen LogP) is 2.83. The zero-order valence-corrected chi connectivity index (χ0v) is 15.0. The molecule has 1 aromatic heterocycles. The van der Waals surface area contributed by atoms with Crippen molar-refractivity contribution < 1.29 is 17.9 Å². The zero-order chi connectivity index (χ0) is 18.2. The van der Waals surface area contributed by atoms with Crippen molar-refractivity contribution in [1.82, 2.24) is 15.6 Å². The molecule has 0 aliphatic carbocycles. The van der Waals surface area contributed by atoms with Gasteiger partial charge in [-0.2, -0.15) is 24.9 Å². The van der Waals surface area contributed by atoms with Crippen LogP contribution in [0.3, 0.4) is 0 Å². The molecule has 0 aromatic carbocycles. The van der Waals surface area contributed by atoms with Crippen molar-refractivity contribution in [3.63, 3.8) is 0 Å². The third-order valence-corrected chi connectivity index (χ3v) is 4.35. The van der Waals surface area contributed by atoms with Crippen LogP contribution < -0.4 is 15.4 Å². The molecule has 9 heteroatoms. The number of halogens is 3. The molecule has 0 radical (unpaired) electrons. The smallest absolute Gasteiger partial charge is 0.422 e. The van der Waals surface area contributed by atoms with E-state index in [0.29, 0.717) is 12.5 Å². The van der Waals surface area contributed by atoms with Crippen LogP contribution in [0.2, 0.25) is 0 Å². The third-order valence-electron chi connectivity index (χ3n) is 3.10. The van der Waals surface area contributed by atoms with Gasteiger partial charge >= 0.3 is 6.18 Å². The predicted molar refractivity (Wildman–Crippen MR) is 91.6 cm³/mol. The molecular weight excluding hydrogens is 341 g/mol. The number of nitrogens with zero attached hydrogens (tertiary/aromatic N) is 2. The molecule has 0 amide bonds. The Morgan fingerprint density at radius 3 is 2.50 bits per heavy atom. The maximum absolute atomic E-state index is 12.1. The molecule has 0 aliphatic heterocycles. The fourth-order valence-electron chi connectivity index (χ4n) is 1.53. The van der Waals surface area contributed by atoms with Crippen LogP contribution in [0.25, 0.3) is 0 Å². The molecule has 0 saturated carbocycles. The number of thioether (sulfide) groups is 1. The summed E-state index contributed by atoms with van der Waals surface area (Å²) in [6.07, 6.45) is -0.853. The summed E-state index contributed by atoms with van der Waals surface area (Å²) in [5.74, 6) is 0.592. The molecular formula is C15H23F3N4OS. The summed E-state index contributed by atoms with van der Waals surface area (Å²) in [6.45, 7) is 4.10. The van der Waals surface area contributed by atoms with E-state index >= 15 is 0 Å². The molecule has 0 saturated heterocycles. The van der Waals surface area contributed by atoms with Crippen molar-refractivity contribution in [2.75, 3.05) is 26.5 Å². The Morgan fingerprint density at radius 2 is 2.00 bits per heavy atom. The Morgan fingerprint density at radius 1 is 1.29 bits per heavy atom. The van der Waals surface area contributed by atoms with E-state index in [1.165, 1.54) is 12.3 Å². The van der Waals surface area contributed by atoms with Gasteiger partial charge in [0.1, 0.15) is 0 Å². The van der Waals surface area contributed by atoms with E-state index in [2.05, 4.69) is 39.2 Å². The van der Waals surface area contributed by atoms with Gasteiger partial charge in [-0.15, -0.1) is 0 Å². The highest BCUT2D eigenvalue weighted by atomic mass is 32.2. The highest BCUT2D eigenvalue weighted by Crippen LogP contribution is 2.19. The van der Waals surface area contributed by atoms with E-state index in [-0.39, 0.29) is 10.6 Å². The van der Waals surface area contributed by atoms with E-state index in [1.807, 2.05) is 6.26 Å². The maximum atomic E-state index is 12.1. The number of guanidine groups is 1. The van der Waals surface area contributed by atoms with Crippen LogP contribution in [0, 0.1) is 0 Å². The quantitative estimate of drug-likeness (QED) is 0.576. The molecule has 2 N–H and O–H groups in total. The first-order valence-electron chi connectivity index (χ1n) is 7.29. The standard InChI is InChI=1S/C15H23F3N4OS/c1-14(2,24-4)9-22-13(19-3)21-8-11-5-6-12(20-7-11)23-10-15(16,17)18/h5-7H,8-10H2,1-4H3,(H2,19,21,22). The minimum absolute atomic E-state index is 0.0553. The van der Waals surface area contributed by atoms with Gasteiger partial charge in [-0.3, -0.25) is 4.99 Å². The first-order valence-corrected chi connectivity index (χ1v) is 8.52. The Balaban J connectivity index is 2.46. The molecule has 0 spiro atoms. The van der Waals surface area contributed by atoms with Crippen molar-refractivity contribution >= 4 is 17.7 Å². The molecule has 24 heavy (non-hydrogen) atoms. The average molecular weight is 364 g/mol. The Bertz CT molecular complexity index is 533. The summed E-state index contributed by atoms with van der Waals surface area (Å²) in [4.78, 5) is 7.99. The SMILES string of the molecule is CN=C(NCc1ccc(OCC(F)(F)F)nc1)NCC(C)(C)SC. The minimum Gasteiger partial charge on any atom is -0.468 e. The fourth-order valence-corrected chi connectivity index (χ4v) is 1.75. The molecule has 0 bridgehead atoms. The van der Waals surface area contributed by atoms with E-state index in [0.717, 1.165) is 12.1 Å². The first-order chi connectivity index (χ1) is 11.1. The molecule has 0 atom stereocenters. The highest BCUT2D eigenvalue weighted by Gasteiger charge is 2.28. The lowest BCUT2D eigenvalue weighted by atomic mass is 10.2. The van der Waals surface area contributed by atoms with Gasteiger partial charge in [0, 0.05) is 37.1 Å². The normalized spacial score (nSPS) is 12.9. The van der Waals surface area contributed by atoms with E-state index in [1.54, 1.807) is 24.9 Å². The van der Waals surface area contributed by atoms with Crippen LogP contribution in [-0.4, -0.2) is 48.3 Å². The van der Waals surface area contributed by atoms with Crippen molar-refractivity contribution in [2.45, 2.75) is 31.3 Å². The minimum atomic E-state index is -4.37. The lowest BCUT2D eigenvalue weighted by molar-refractivity contribution is -0.154. The zero-order valence-electron chi connectivity index (χ0n) is 14.2. The van der Waals surface area contributed by atoms with E-state index < -0.39 is 12.8 Å². The Hall–Kier alpha value is -1.64. The van der Waals surface area contributed by atoms with Gasteiger partial charge in [-0.25, -0.2) is 4.98 Å². The van der Waals surface area contributed by atoms with Crippen molar-refractivity contribution in [1.29, 1.82) is 0 Å². The summed E-state index contributed by atoms with van der Waals surface area (Å²) < 4.78 is 40.8. The number of aromatic nitrogens is 1. The molecule has 136 valence electrons. The molecule has 0 unspecified atom stereocenters. The van der Waals surface area contributed by atoms with Crippen LogP contribution in [-0.2, 0) is 6.54 Å². The number of aliphatic imine (C=N–C) groups is 1. The first kappa shape index (κ1) is 20.4. The Kier molecular flexibility index (Phi) is 7.65. The number of alkyl halides is 3. The second-order valence-corrected chi connectivity index (χ2v) is 7.17.